The lowest BCUT2D eigenvalue weighted by atomic mass is 10.1. The van der Waals surface area contributed by atoms with E-state index in [4.69, 9.17) is 31.2 Å². The third-order valence-corrected chi connectivity index (χ3v) is 7.28. The summed E-state index contributed by atoms with van der Waals surface area (Å²) < 4.78 is 38.1. The molecule has 0 saturated carbocycles. The summed E-state index contributed by atoms with van der Waals surface area (Å²) >= 11 is 5.25. The molecular weight excluding hydrogens is 583 g/mol. The summed E-state index contributed by atoms with van der Waals surface area (Å²) in [4.78, 5) is 19.2. The molecule has 1 aliphatic heterocycles. The number of benzene rings is 3. The summed E-state index contributed by atoms with van der Waals surface area (Å²) in [6, 6.07) is 17.3. The fraction of sp³-hybridized carbons (Fsp3) is 0.303. The highest BCUT2D eigenvalue weighted by Gasteiger charge is 2.15. The van der Waals surface area contributed by atoms with Gasteiger partial charge in [-0.05, 0) is 55.4 Å². The molecule has 1 saturated heterocycles. The van der Waals surface area contributed by atoms with Crippen molar-refractivity contribution in [2.24, 2.45) is 0 Å². The number of morpholine rings is 1. The Hall–Kier alpha value is -4.32. The number of aryl methyl sites for hydroxylation is 1. The number of thiocarbonyl (C=S) groups is 1. The van der Waals surface area contributed by atoms with Crippen molar-refractivity contribution in [3.05, 3.63) is 83.8 Å². The molecule has 0 aliphatic carbocycles. The number of aromatic nitrogens is 1. The van der Waals surface area contributed by atoms with Crippen molar-refractivity contribution in [2.75, 3.05) is 51.9 Å². The molecule has 44 heavy (non-hydrogen) atoms. The van der Waals surface area contributed by atoms with Gasteiger partial charge in [-0.1, -0.05) is 29.8 Å². The van der Waals surface area contributed by atoms with Gasteiger partial charge in [-0.15, -0.1) is 0 Å². The molecule has 230 valence electrons. The van der Waals surface area contributed by atoms with Gasteiger partial charge in [0.15, 0.2) is 28.2 Å². The van der Waals surface area contributed by atoms with Crippen LogP contribution in [0.2, 0.25) is 0 Å². The average molecular weight is 619 g/mol. The molecule has 3 aromatic carbocycles. The number of amides is 1. The summed E-state index contributed by atoms with van der Waals surface area (Å²) in [5.41, 5.74) is 2.93. The van der Waals surface area contributed by atoms with Crippen molar-refractivity contribution in [2.45, 2.75) is 19.8 Å². The predicted molar refractivity (Wildman–Crippen MR) is 171 cm³/mol. The largest absolute Gasteiger partial charge is 0.493 e. The van der Waals surface area contributed by atoms with Gasteiger partial charge in [0.2, 0.25) is 5.91 Å². The fourth-order valence-corrected chi connectivity index (χ4v) is 5.14. The van der Waals surface area contributed by atoms with Gasteiger partial charge < -0.3 is 29.6 Å². The minimum atomic E-state index is -0.610. The highest BCUT2D eigenvalue weighted by Crippen LogP contribution is 2.38. The number of nitrogens with one attached hydrogen (secondary N) is 2. The number of hydrogen-bond donors (Lipinski definition) is 2. The van der Waals surface area contributed by atoms with Crippen LogP contribution in [-0.2, 0) is 16.0 Å². The van der Waals surface area contributed by atoms with E-state index in [1.807, 2.05) is 31.2 Å². The minimum absolute atomic E-state index is 0.0138. The number of hydrogen-bond acceptors (Lipinski definition) is 8. The van der Waals surface area contributed by atoms with Crippen LogP contribution in [-0.4, -0.2) is 67.5 Å². The first-order chi connectivity index (χ1) is 21.4. The molecule has 1 aliphatic rings. The summed E-state index contributed by atoms with van der Waals surface area (Å²) in [6.07, 6.45) is 2.64. The standard InChI is InChI=1S/C33H35FN4O5S/c1-22-5-3-6-23(17-22)18-32(39)37-33(44)36-24-7-8-29(26(34)19-24)43-28-9-10-35-27-21-31(30(40-2)20-25(27)28)42-14-4-11-38-12-15-41-16-13-38/h3,5-10,17,19-21H,4,11-16,18H2,1-2H3,(H2,36,37,39,44). The van der Waals surface area contributed by atoms with Gasteiger partial charge in [0.25, 0.3) is 0 Å². The van der Waals surface area contributed by atoms with Crippen LogP contribution in [0.3, 0.4) is 0 Å². The smallest absolute Gasteiger partial charge is 0.230 e. The van der Waals surface area contributed by atoms with E-state index in [-0.39, 0.29) is 23.2 Å². The maximum atomic E-state index is 15.1. The highest BCUT2D eigenvalue weighted by molar-refractivity contribution is 7.80. The molecule has 0 atom stereocenters. The number of pyridine rings is 1. The number of nitrogens with zero attached hydrogens (tertiary/aromatic N) is 2. The lowest BCUT2D eigenvalue weighted by Crippen LogP contribution is -2.37. The van der Waals surface area contributed by atoms with Gasteiger partial charge in [0.05, 0.1) is 38.9 Å². The topological polar surface area (TPSA) is 94.2 Å². The third-order valence-electron chi connectivity index (χ3n) is 7.08. The molecule has 1 fully saturated rings. The zero-order chi connectivity index (χ0) is 30.9. The SMILES string of the molecule is COc1cc2c(Oc3ccc(NC(=S)NC(=O)Cc4cccc(C)c4)cc3F)ccnc2cc1OCCCN1CCOCC1. The van der Waals surface area contributed by atoms with Crippen molar-refractivity contribution in [1.82, 2.24) is 15.2 Å². The highest BCUT2D eigenvalue weighted by atomic mass is 32.1. The van der Waals surface area contributed by atoms with Gasteiger partial charge in [0, 0.05) is 49.0 Å². The number of fused-ring (bicyclic) bond motifs is 1. The van der Waals surface area contributed by atoms with Crippen molar-refractivity contribution in [3.63, 3.8) is 0 Å². The molecular formula is C33H35FN4O5S. The number of anilines is 1. The Bertz CT molecular complexity index is 1630. The summed E-state index contributed by atoms with van der Waals surface area (Å²) in [6.45, 7) is 6.83. The Morgan fingerprint density at radius 2 is 1.89 bits per heavy atom. The van der Waals surface area contributed by atoms with Gasteiger partial charge >= 0.3 is 0 Å². The maximum absolute atomic E-state index is 15.1. The summed E-state index contributed by atoms with van der Waals surface area (Å²) in [7, 11) is 1.57. The van der Waals surface area contributed by atoms with Gasteiger partial charge in [-0.2, -0.15) is 0 Å². The van der Waals surface area contributed by atoms with Gasteiger partial charge in [0.1, 0.15) is 5.75 Å². The van der Waals surface area contributed by atoms with E-state index < -0.39 is 5.82 Å². The first kappa shape index (κ1) is 31.1. The van der Waals surface area contributed by atoms with Crippen molar-refractivity contribution >= 4 is 39.8 Å². The number of ether oxygens (including phenoxy) is 4. The second kappa shape index (κ2) is 14.9. The molecule has 2 N–H and O–H groups in total. The zero-order valence-corrected chi connectivity index (χ0v) is 25.5. The van der Waals surface area contributed by atoms with Crippen molar-refractivity contribution in [1.29, 1.82) is 0 Å². The predicted octanol–water partition coefficient (Wildman–Crippen LogP) is 5.64. The second-order valence-electron chi connectivity index (χ2n) is 10.4. The maximum Gasteiger partial charge on any atom is 0.230 e. The van der Waals surface area contributed by atoms with Crippen LogP contribution in [0.1, 0.15) is 17.5 Å². The normalized spacial score (nSPS) is 13.3. The molecule has 11 heteroatoms. The van der Waals surface area contributed by atoms with E-state index in [9.17, 15) is 4.79 Å². The van der Waals surface area contributed by atoms with E-state index in [2.05, 4.69) is 20.5 Å². The van der Waals surface area contributed by atoms with Crippen LogP contribution in [0.25, 0.3) is 10.9 Å². The molecule has 1 amide bonds. The number of halogens is 1. The van der Waals surface area contributed by atoms with Gasteiger partial charge in [-0.3, -0.25) is 14.7 Å². The number of rotatable bonds is 11. The van der Waals surface area contributed by atoms with Crippen LogP contribution in [0, 0.1) is 12.7 Å². The molecule has 9 nitrogen and oxygen atoms in total. The zero-order valence-electron chi connectivity index (χ0n) is 24.7. The fourth-order valence-electron chi connectivity index (χ4n) is 4.91. The molecule has 2 heterocycles. The molecule has 0 bridgehead atoms. The number of carbonyl (C=O) groups excluding carboxylic acids is 1. The van der Waals surface area contributed by atoms with Gasteiger partial charge in [-0.25, -0.2) is 4.39 Å². The Balaban J connectivity index is 1.20. The molecule has 1 aromatic heterocycles. The Morgan fingerprint density at radius 1 is 1.05 bits per heavy atom. The summed E-state index contributed by atoms with van der Waals surface area (Å²) in [5, 5.41) is 6.19. The quantitative estimate of drug-likeness (QED) is 0.164. The number of methoxy groups -OCH3 is 1. The molecule has 5 rings (SSSR count). The van der Waals surface area contributed by atoms with E-state index in [0.717, 1.165) is 50.4 Å². The van der Waals surface area contributed by atoms with E-state index in [1.165, 1.54) is 12.1 Å². The van der Waals surface area contributed by atoms with E-state index in [1.54, 1.807) is 37.6 Å². The molecule has 0 radical (unpaired) electrons. The summed E-state index contributed by atoms with van der Waals surface area (Å²) in [5.74, 6) is 0.650. The first-order valence-electron chi connectivity index (χ1n) is 14.4. The first-order valence-corrected chi connectivity index (χ1v) is 14.8. The molecule has 4 aromatic rings. The van der Waals surface area contributed by atoms with Crippen molar-refractivity contribution in [3.8, 4) is 23.0 Å². The Labute approximate surface area is 261 Å². The molecule has 0 spiro atoms. The number of carbonyl (C=O) groups is 1. The van der Waals surface area contributed by atoms with E-state index in [0.29, 0.717) is 40.4 Å². The minimum Gasteiger partial charge on any atom is -0.493 e. The van der Waals surface area contributed by atoms with Crippen LogP contribution in [0.5, 0.6) is 23.0 Å². The van der Waals surface area contributed by atoms with Crippen LogP contribution < -0.4 is 24.8 Å². The second-order valence-corrected chi connectivity index (χ2v) is 10.8. The van der Waals surface area contributed by atoms with Crippen LogP contribution >= 0.6 is 12.2 Å². The monoisotopic (exact) mass is 618 g/mol. The van der Waals surface area contributed by atoms with E-state index >= 15 is 4.39 Å². The van der Waals surface area contributed by atoms with Crippen LogP contribution in [0.4, 0.5) is 10.1 Å². The van der Waals surface area contributed by atoms with Crippen LogP contribution in [0.15, 0.2) is 66.9 Å². The Kier molecular flexibility index (Phi) is 10.5. The lowest BCUT2D eigenvalue weighted by molar-refractivity contribution is -0.119. The Morgan fingerprint density at radius 3 is 2.66 bits per heavy atom. The third kappa shape index (κ3) is 8.40. The lowest BCUT2D eigenvalue weighted by Gasteiger charge is -2.26. The molecule has 0 unspecified atom stereocenters. The average Bonchev–Trinajstić information content (AvgIpc) is 3.00. The van der Waals surface area contributed by atoms with Crippen molar-refractivity contribution < 1.29 is 28.1 Å².